The quantitative estimate of drug-likeness (QED) is 0.573. The third kappa shape index (κ3) is 3.92. The maximum absolute atomic E-state index is 12.2. The van der Waals surface area contributed by atoms with Gasteiger partial charge >= 0.3 is 6.18 Å². The van der Waals surface area contributed by atoms with Gasteiger partial charge in [0, 0.05) is 6.21 Å². The second-order valence-corrected chi connectivity index (χ2v) is 3.16. The number of rotatable bonds is 4. The summed E-state index contributed by atoms with van der Waals surface area (Å²) in [7, 11) is 0. The second kappa shape index (κ2) is 5.53. The Morgan fingerprint density at radius 3 is 2.38 bits per heavy atom. The summed E-state index contributed by atoms with van der Waals surface area (Å²) in [6.45, 7) is 2.08. The fraction of sp³-hybridized carbons (Fsp3) is 0.364. The topological polar surface area (TPSA) is 21.6 Å². The van der Waals surface area contributed by atoms with E-state index in [1.54, 1.807) is 6.21 Å². The van der Waals surface area contributed by atoms with Crippen LogP contribution in [0.1, 0.15) is 24.5 Å². The van der Waals surface area contributed by atoms with E-state index in [0.29, 0.717) is 5.56 Å². The lowest BCUT2D eigenvalue weighted by molar-refractivity contribution is -0.137. The lowest BCUT2D eigenvalue weighted by atomic mass is 10.1. The van der Waals surface area contributed by atoms with Gasteiger partial charge in [0.2, 0.25) is 0 Å². The van der Waals surface area contributed by atoms with Crippen LogP contribution in [-0.2, 0) is 17.6 Å². The summed E-state index contributed by atoms with van der Waals surface area (Å²) in [4.78, 5) is 4.87. The van der Waals surface area contributed by atoms with Gasteiger partial charge in [-0.1, -0.05) is 24.2 Å². The minimum Gasteiger partial charge on any atom is -0.391 e. The summed E-state index contributed by atoms with van der Waals surface area (Å²) in [5.41, 5.74) is -0.00503. The Hall–Kier alpha value is -1.52. The molecule has 1 aromatic carbocycles. The summed E-state index contributed by atoms with van der Waals surface area (Å²) >= 11 is 0. The zero-order valence-corrected chi connectivity index (χ0v) is 8.79. The number of hydrogen-bond acceptors (Lipinski definition) is 2. The van der Waals surface area contributed by atoms with Gasteiger partial charge in [-0.2, -0.15) is 13.2 Å². The largest absolute Gasteiger partial charge is 0.416 e. The van der Waals surface area contributed by atoms with E-state index < -0.39 is 11.7 Å². The third-order valence-corrected chi connectivity index (χ3v) is 1.84. The van der Waals surface area contributed by atoms with Gasteiger partial charge in [-0.05, 0) is 24.1 Å². The van der Waals surface area contributed by atoms with Crippen molar-refractivity contribution in [1.82, 2.24) is 0 Å². The van der Waals surface area contributed by atoms with Crippen LogP contribution in [-0.4, -0.2) is 6.21 Å². The highest BCUT2D eigenvalue weighted by molar-refractivity contribution is 5.55. The number of alkyl halides is 3. The van der Waals surface area contributed by atoms with Crippen LogP contribution >= 0.6 is 0 Å². The van der Waals surface area contributed by atoms with Gasteiger partial charge in [-0.15, -0.1) is 0 Å². The molecular formula is C11H12F3NO. The van der Waals surface area contributed by atoms with Crippen molar-refractivity contribution in [3.8, 4) is 0 Å². The molecule has 16 heavy (non-hydrogen) atoms. The summed E-state index contributed by atoms with van der Waals surface area (Å²) in [5, 5.41) is 3.61. The molecule has 0 atom stereocenters. The van der Waals surface area contributed by atoms with Crippen molar-refractivity contribution in [2.75, 3.05) is 0 Å². The molecule has 0 aliphatic rings. The van der Waals surface area contributed by atoms with Gasteiger partial charge in [0.25, 0.3) is 0 Å². The first-order valence-corrected chi connectivity index (χ1v) is 4.84. The van der Waals surface area contributed by atoms with E-state index in [-0.39, 0.29) is 6.61 Å². The number of oxime groups is 1. The normalized spacial score (nSPS) is 12.0. The van der Waals surface area contributed by atoms with Crippen molar-refractivity contribution in [1.29, 1.82) is 0 Å². The minimum atomic E-state index is -4.29. The Bertz CT molecular complexity index is 343. The zero-order chi connectivity index (χ0) is 12.0. The first-order chi connectivity index (χ1) is 7.54. The van der Waals surface area contributed by atoms with Gasteiger partial charge in [0.1, 0.15) is 6.61 Å². The van der Waals surface area contributed by atoms with Crippen LogP contribution in [0.5, 0.6) is 0 Å². The van der Waals surface area contributed by atoms with Gasteiger partial charge in [0.15, 0.2) is 0 Å². The van der Waals surface area contributed by atoms with Crippen LogP contribution in [0.25, 0.3) is 0 Å². The molecule has 0 unspecified atom stereocenters. The molecule has 0 fully saturated rings. The molecule has 0 spiro atoms. The van der Waals surface area contributed by atoms with Gasteiger partial charge in [-0.3, -0.25) is 0 Å². The van der Waals surface area contributed by atoms with Crippen LogP contribution in [0.15, 0.2) is 29.4 Å². The van der Waals surface area contributed by atoms with Gasteiger partial charge in [-0.25, -0.2) is 0 Å². The highest BCUT2D eigenvalue weighted by atomic mass is 19.4. The van der Waals surface area contributed by atoms with Gasteiger partial charge in [0.05, 0.1) is 5.56 Å². The number of benzene rings is 1. The molecule has 2 nitrogen and oxygen atoms in total. The Labute approximate surface area is 91.7 Å². The lowest BCUT2D eigenvalue weighted by Gasteiger charge is -2.06. The van der Waals surface area contributed by atoms with Crippen molar-refractivity contribution in [3.05, 3.63) is 35.4 Å². The van der Waals surface area contributed by atoms with E-state index in [1.165, 1.54) is 12.1 Å². The van der Waals surface area contributed by atoms with E-state index >= 15 is 0 Å². The monoisotopic (exact) mass is 231 g/mol. The summed E-state index contributed by atoms with van der Waals surface area (Å²) in [6.07, 6.45) is -1.95. The van der Waals surface area contributed by atoms with Crippen LogP contribution in [0.2, 0.25) is 0 Å². The third-order valence-electron chi connectivity index (χ3n) is 1.84. The molecule has 88 valence electrons. The zero-order valence-electron chi connectivity index (χ0n) is 8.79. The van der Waals surface area contributed by atoms with Crippen molar-refractivity contribution in [2.45, 2.75) is 26.1 Å². The molecule has 0 bridgehead atoms. The highest BCUT2D eigenvalue weighted by Gasteiger charge is 2.29. The van der Waals surface area contributed by atoms with Gasteiger partial charge < -0.3 is 4.84 Å². The average Bonchev–Trinajstić information content (AvgIpc) is 2.24. The molecule has 0 saturated heterocycles. The smallest absolute Gasteiger partial charge is 0.391 e. The fourth-order valence-corrected chi connectivity index (χ4v) is 1.03. The van der Waals surface area contributed by atoms with Crippen LogP contribution < -0.4 is 0 Å². The SMILES string of the molecule is CCC=NOCc1ccc(C(F)(F)F)cc1. The van der Waals surface area contributed by atoms with E-state index in [1.807, 2.05) is 6.92 Å². The van der Waals surface area contributed by atoms with Crippen molar-refractivity contribution >= 4 is 6.21 Å². The molecule has 0 aliphatic carbocycles. The molecule has 1 rings (SSSR count). The minimum absolute atomic E-state index is 0.175. The Kier molecular flexibility index (Phi) is 4.34. The van der Waals surface area contributed by atoms with E-state index in [9.17, 15) is 13.2 Å². The number of hydrogen-bond donors (Lipinski definition) is 0. The van der Waals surface area contributed by atoms with E-state index in [2.05, 4.69) is 5.16 Å². The van der Waals surface area contributed by atoms with Crippen LogP contribution in [0, 0.1) is 0 Å². The maximum Gasteiger partial charge on any atom is 0.416 e. The summed E-state index contributed by atoms with van der Waals surface area (Å²) in [5.74, 6) is 0. The first-order valence-electron chi connectivity index (χ1n) is 4.84. The molecule has 0 N–H and O–H groups in total. The molecule has 0 heterocycles. The fourth-order valence-electron chi connectivity index (χ4n) is 1.03. The Morgan fingerprint density at radius 1 is 1.25 bits per heavy atom. The van der Waals surface area contributed by atoms with Crippen molar-refractivity contribution in [3.63, 3.8) is 0 Å². The lowest BCUT2D eigenvalue weighted by Crippen LogP contribution is -2.04. The highest BCUT2D eigenvalue weighted by Crippen LogP contribution is 2.29. The molecule has 0 amide bonds. The first kappa shape index (κ1) is 12.5. The van der Waals surface area contributed by atoms with E-state index in [4.69, 9.17) is 4.84 Å². The summed E-state index contributed by atoms with van der Waals surface area (Å²) < 4.78 is 36.7. The molecule has 0 aromatic heterocycles. The second-order valence-electron chi connectivity index (χ2n) is 3.16. The number of halogens is 3. The van der Waals surface area contributed by atoms with Crippen molar-refractivity contribution in [2.24, 2.45) is 5.16 Å². The molecule has 0 aliphatic heterocycles. The molecule has 0 radical (unpaired) electrons. The van der Waals surface area contributed by atoms with E-state index in [0.717, 1.165) is 18.6 Å². The molecular weight excluding hydrogens is 219 g/mol. The average molecular weight is 231 g/mol. The Balaban J connectivity index is 2.55. The Morgan fingerprint density at radius 2 is 1.88 bits per heavy atom. The predicted octanol–water partition coefficient (Wildman–Crippen LogP) is 3.62. The van der Waals surface area contributed by atoms with Crippen LogP contribution in [0.4, 0.5) is 13.2 Å². The predicted molar refractivity (Wildman–Crippen MR) is 55.0 cm³/mol. The number of nitrogens with zero attached hydrogens (tertiary/aromatic N) is 1. The summed E-state index contributed by atoms with van der Waals surface area (Å²) in [6, 6.07) is 4.82. The standard InChI is InChI=1S/C11H12F3NO/c1-2-7-15-16-8-9-3-5-10(6-4-9)11(12,13)14/h3-7H,2,8H2,1H3. The maximum atomic E-state index is 12.2. The molecule has 5 heteroatoms. The molecule has 1 aromatic rings. The van der Waals surface area contributed by atoms with Crippen LogP contribution in [0.3, 0.4) is 0 Å². The molecule has 0 saturated carbocycles. The van der Waals surface area contributed by atoms with Crippen molar-refractivity contribution < 1.29 is 18.0 Å².